The number of hydrogen-bond acceptors (Lipinski definition) is 4. The number of sulfone groups is 1. The second-order valence-corrected chi connectivity index (χ2v) is 6.82. The standard InChI is InChI=1S/C10H17F3O4S/c11-10(12,13)9(14)7-17-4-1-8-2-5-18(15,16)6-3-8/h8-9,14H,1-7H2. The normalized spacial score (nSPS) is 22.9. The van der Waals surface area contributed by atoms with Crippen LogP contribution in [0.4, 0.5) is 13.2 Å². The van der Waals surface area contributed by atoms with Crippen molar-refractivity contribution in [3.05, 3.63) is 0 Å². The Balaban J connectivity index is 2.13. The van der Waals surface area contributed by atoms with Crippen LogP contribution in [0.3, 0.4) is 0 Å². The van der Waals surface area contributed by atoms with Gasteiger partial charge in [-0.2, -0.15) is 13.2 Å². The van der Waals surface area contributed by atoms with E-state index < -0.39 is 28.7 Å². The fourth-order valence-corrected chi connectivity index (χ4v) is 3.36. The lowest BCUT2D eigenvalue weighted by Crippen LogP contribution is -2.33. The zero-order valence-electron chi connectivity index (χ0n) is 9.82. The van der Waals surface area contributed by atoms with E-state index in [1.807, 2.05) is 0 Å². The van der Waals surface area contributed by atoms with Crippen molar-refractivity contribution in [2.75, 3.05) is 24.7 Å². The lowest BCUT2D eigenvalue weighted by Gasteiger charge is -2.22. The molecule has 0 saturated carbocycles. The van der Waals surface area contributed by atoms with Crippen LogP contribution in [-0.4, -0.2) is 50.5 Å². The minimum atomic E-state index is -4.65. The van der Waals surface area contributed by atoms with Gasteiger partial charge < -0.3 is 9.84 Å². The van der Waals surface area contributed by atoms with E-state index in [0.29, 0.717) is 19.3 Å². The third-order valence-electron chi connectivity index (χ3n) is 3.00. The molecule has 1 heterocycles. The smallest absolute Gasteiger partial charge is 0.382 e. The Morgan fingerprint density at radius 3 is 2.33 bits per heavy atom. The number of aliphatic hydroxyl groups excluding tert-OH is 1. The van der Waals surface area contributed by atoms with E-state index in [0.717, 1.165) is 0 Å². The molecule has 0 amide bonds. The van der Waals surface area contributed by atoms with E-state index in [-0.39, 0.29) is 24.0 Å². The van der Waals surface area contributed by atoms with Crippen LogP contribution in [0, 0.1) is 5.92 Å². The van der Waals surface area contributed by atoms with Crippen LogP contribution in [0.1, 0.15) is 19.3 Å². The molecular formula is C10H17F3O4S. The molecule has 0 aliphatic carbocycles. The summed E-state index contributed by atoms with van der Waals surface area (Å²) in [6.45, 7) is -0.660. The van der Waals surface area contributed by atoms with Crippen LogP contribution in [0.25, 0.3) is 0 Å². The van der Waals surface area contributed by atoms with Crippen LogP contribution < -0.4 is 0 Å². The molecule has 1 fully saturated rings. The minimum absolute atomic E-state index is 0.109. The molecule has 0 spiro atoms. The molecule has 1 atom stereocenters. The Kier molecular flexibility index (Phi) is 5.42. The van der Waals surface area contributed by atoms with Gasteiger partial charge in [0, 0.05) is 6.61 Å². The molecule has 0 aromatic carbocycles. The summed E-state index contributed by atoms with van der Waals surface area (Å²) in [7, 11) is -2.91. The summed E-state index contributed by atoms with van der Waals surface area (Å²) in [6, 6.07) is 0. The van der Waals surface area contributed by atoms with Crippen LogP contribution in [-0.2, 0) is 14.6 Å². The molecule has 1 aliphatic rings. The van der Waals surface area contributed by atoms with Gasteiger partial charge >= 0.3 is 6.18 Å². The number of halogens is 3. The van der Waals surface area contributed by atoms with Crippen molar-refractivity contribution >= 4 is 9.84 Å². The zero-order chi connectivity index (χ0) is 13.8. The molecule has 0 aromatic heterocycles. The maximum atomic E-state index is 11.9. The van der Waals surface area contributed by atoms with Crippen molar-refractivity contribution in [3.8, 4) is 0 Å². The van der Waals surface area contributed by atoms with E-state index in [1.165, 1.54) is 0 Å². The van der Waals surface area contributed by atoms with E-state index in [2.05, 4.69) is 0 Å². The van der Waals surface area contributed by atoms with Crippen molar-refractivity contribution in [2.24, 2.45) is 5.92 Å². The molecule has 0 aromatic rings. The average Bonchev–Trinajstić information content (AvgIpc) is 2.24. The Morgan fingerprint density at radius 1 is 1.28 bits per heavy atom. The maximum Gasteiger partial charge on any atom is 0.416 e. The highest BCUT2D eigenvalue weighted by Crippen LogP contribution is 2.23. The summed E-state index contributed by atoms with van der Waals surface area (Å²) >= 11 is 0. The quantitative estimate of drug-likeness (QED) is 0.771. The number of ether oxygens (including phenoxy) is 1. The van der Waals surface area contributed by atoms with Gasteiger partial charge in [0.1, 0.15) is 9.84 Å². The third kappa shape index (κ3) is 5.53. The Hall–Kier alpha value is -0.340. The van der Waals surface area contributed by atoms with E-state index >= 15 is 0 Å². The van der Waals surface area contributed by atoms with Crippen molar-refractivity contribution < 1.29 is 31.4 Å². The number of aliphatic hydroxyl groups is 1. The number of alkyl halides is 3. The predicted octanol–water partition coefficient (Wildman–Crippen LogP) is 1.14. The topological polar surface area (TPSA) is 63.6 Å². The van der Waals surface area contributed by atoms with Gasteiger partial charge in [0.05, 0.1) is 18.1 Å². The molecule has 18 heavy (non-hydrogen) atoms. The van der Waals surface area contributed by atoms with Gasteiger partial charge in [0.25, 0.3) is 0 Å². The van der Waals surface area contributed by atoms with Crippen molar-refractivity contribution in [2.45, 2.75) is 31.5 Å². The van der Waals surface area contributed by atoms with Crippen molar-refractivity contribution in [1.82, 2.24) is 0 Å². The molecule has 8 heteroatoms. The second-order valence-electron chi connectivity index (χ2n) is 4.52. The fourth-order valence-electron chi connectivity index (χ4n) is 1.77. The predicted molar refractivity (Wildman–Crippen MR) is 58.9 cm³/mol. The number of rotatable bonds is 5. The molecule has 1 saturated heterocycles. The minimum Gasteiger partial charge on any atom is -0.382 e. The van der Waals surface area contributed by atoms with E-state index in [4.69, 9.17) is 9.84 Å². The zero-order valence-corrected chi connectivity index (χ0v) is 10.6. The van der Waals surface area contributed by atoms with Crippen molar-refractivity contribution in [3.63, 3.8) is 0 Å². The molecular weight excluding hydrogens is 273 g/mol. The molecule has 0 radical (unpaired) electrons. The Labute approximate surface area is 104 Å². The van der Waals surface area contributed by atoms with Crippen molar-refractivity contribution in [1.29, 1.82) is 0 Å². The van der Waals surface area contributed by atoms with Crippen LogP contribution >= 0.6 is 0 Å². The molecule has 1 unspecified atom stereocenters. The summed E-state index contributed by atoms with van der Waals surface area (Å²) in [5.41, 5.74) is 0. The highest BCUT2D eigenvalue weighted by molar-refractivity contribution is 7.91. The summed E-state index contributed by atoms with van der Waals surface area (Å²) in [6.07, 6.45) is -5.51. The van der Waals surface area contributed by atoms with E-state index in [9.17, 15) is 21.6 Å². The lowest BCUT2D eigenvalue weighted by atomic mass is 10.00. The Morgan fingerprint density at radius 2 is 1.83 bits per heavy atom. The third-order valence-corrected chi connectivity index (χ3v) is 4.71. The highest BCUT2D eigenvalue weighted by Gasteiger charge is 2.38. The first kappa shape index (κ1) is 15.7. The average molecular weight is 290 g/mol. The van der Waals surface area contributed by atoms with Crippen LogP contribution in [0.5, 0.6) is 0 Å². The Bertz CT molecular complexity index is 339. The van der Waals surface area contributed by atoms with Gasteiger partial charge in [-0.25, -0.2) is 8.42 Å². The first-order valence-corrected chi connectivity index (χ1v) is 7.56. The molecule has 1 N–H and O–H groups in total. The highest BCUT2D eigenvalue weighted by atomic mass is 32.2. The largest absolute Gasteiger partial charge is 0.416 e. The second kappa shape index (κ2) is 6.21. The van der Waals surface area contributed by atoms with Crippen LogP contribution in [0.2, 0.25) is 0 Å². The van der Waals surface area contributed by atoms with Gasteiger partial charge in [-0.1, -0.05) is 0 Å². The van der Waals surface area contributed by atoms with Gasteiger partial charge in [0.15, 0.2) is 6.10 Å². The summed E-state index contributed by atoms with van der Waals surface area (Å²) in [5.74, 6) is 0.461. The molecule has 108 valence electrons. The van der Waals surface area contributed by atoms with E-state index in [1.54, 1.807) is 0 Å². The lowest BCUT2D eigenvalue weighted by molar-refractivity contribution is -0.217. The molecule has 0 bridgehead atoms. The van der Waals surface area contributed by atoms with Gasteiger partial charge in [-0.05, 0) is 25.2 Å². The first-order valence-electron chi connectivity index (χ1n) is 5.73. The summed E-state index contributed by atoms with van der Waals surface area (Å²) in [5, 5.41) is 8.66. The summed E-state index contributed by atoms with van der Waals surface area (Å²) in [4.78, 5) is 0. The maximum absolute atomic E-state index is 11.9. The van der Waals surface area contributed by atoms with Gasteiger partial charge in [0.2, 0.25) is 0 Å². The molecule has 1 rings (SSSR count). The monoisotopic (exact) mass is 290 g/mol. The van der Waals surface area contributed by atoms with Crippen LogP contribution in [0.15, 0.2) is 0 Å². The number of hydrogen-bond donors (Lipinski definition) is 1. The van der Waals surface area contributed by atoms with Gasteiger partial charge in [-0.15, -0.1) is 0 Å². The fraction of sp³-hybridized carbons (Fsp3) is 1.00. The van der Waals surface area contributed by atoms with Gasteiger partial charge in [-0.3, -0.25) is 0 Å². The SMILES string of the molecule is O=S1(=O)CCC(CCOCC(O)C(F)(F)F)CC1. The summed E-state index contributed by atoms with van der Waals surface area (Å²) < 4.78 is 62.8. The first-order chi connectivity index (χ1) is 8.21. The molecule has 1 aliphatic heterocycles. The molecule has 4 nitrogen and oxygen atoms in total.